The van der Waals surface area contributed by atoms with Crippen LogP contribution in [0.25, 0.3) is 5.57 Å². The number of benzene rings is 1. The van der Waals surface area contributed by atoms with Gasteiger partial charge in [-0.1, -0.05) is 12.2 Å². The third-order valence-electron chi connectivity index (χ3n) is 3.17. The molecular formula is C17H26N2O4S. The van der Waals surface area contributed by atoms with Gasteiger partial charge in [0.1, 0.15) is 5.60 Å². The summed E-state index contributed by atoms with van der Waals surface area (Å²) >= 11 is 0. The van der Waals surface area contributed by atoms with Crippen LogP contribution in [0.3, 0.4) is 0 Å². The summed E-state index contributed by atoms with van der Waals surface area (Å²) in [7, 11) is -1.89. The van der Waals surface area contributed by atoms with E-state index >= 15 is 0 Å². The second-order valence-electron chi connectivity index (χ2n) is 6.75. The lowest BCUT2D eigenvalue weighted by atomic mass is 10.0. The van der Waals surface area contributed by atoms with Gasteiger partial charge in [-0.15, -0.1) is 0 Å². The lowest BCUT2D eigenvalue weighted by Crippen LogP contribution is -2.32. The number of ether oxygens (including phenoxy) is 1. The smallest absolute Gasteiger partial charge is 0.407 e. The Morgan fingerprint density at radius 1 is 1.29 bits per heavy atom. The molecule has 0 saturated carbocycles. The van der Waals surface area contributed by atoms with E-state index in [9.17, 15) is 13.2 Å². The molecule has 6 nitrogen and oxygen atoms in total. The van der Waals surface area contributed by atoms with E-state index in [1.807, 2.05) is 13.0 Å². The predicted molar refractivity (Wildman–Crippen MR) is 97.5 cm³/mol. The highest BCUT2D eigenvalue weighted by Gasteiger charge is 2.17. The Morgan fingerprint density at radius 2 is 1.88 bits per heavy atom. The van der Waals surface area contributed by atoms with Crippen LogP contribution in [-0.4, -0.2) is 33.4 Å². The zero-order valence-electron chi connectivity index (χ0n) is 15.1. The molecule has 134 valence electrons. The number of amides is 1. The number of nitrogens with one attached hydrogen (secondary N) is 1. The maximum atomic E-state index is 11.8. The molecule has 0 aromatic heterocycles. The van der Waals surface area contributed by atoms with E-state index in [4.69, 9.17) is 4.74 Å². The molecule has 7 heteroatoms. The molecule has 0 heterocycles. The minimum absolute atomic E-state index is 0.223. The normalized spacial score (nSPS) is 11.8. The standard InChI is InChI=1S/C17H26N2O4S/c1-12(2)14-8-13(11-18-16(20)23-17(3,4)5)9-15(10-14)19(6)24(7,21)22/h8-10H,1,11H2,2-7H3,(H,18,20). The number of hydrogen-bond acceptors (Lipinski definition) is 4. The number of carbonyl (C=O) groups is 1. The minimum atomic E-state index is -3.38. The number of alkyl carbamates (subject to hydrolysis) is 1. The largest absolute Gasteiger partial charge is 0.444 e. The van der Waals surface area contributed by atoms with Crippen LogP contribution >= 0.6 is 0 Å². The third kappa shape index (κ3) is 6.23. The van der Waals surface area contributed by atoms with Crippen molar-refractivity contribution in [3.63, 3.8) is 0 Å². The van der Waals surface area contributed by atoms with Crippen molar-refractivity contribution in [3.05, 3.63) is 35.9 Å². The fourth-order valence-electron chi connectivity index (χ4n) is 1.88. The summed E-state index contributed by atoms with van der Waals surface area (Å²) in [6, 6.07) is 5.32. The van der Waals surface area contributed by atoms with E-state index in [1.165, 1.54) is 11.4 Å². The fraction of sp³-hybridized carbons (Fsp3) is 0.471. The monoisotopic (exact) mass is 354 g/mol. The number of hydrogen-bond donors (Lipinski definition) is 1. The Kier molecular flexibility index (Phi) is 6.05. The van der Waals surface area contributed by atoms with E-state index < -0.39 is 21.7 Å². The molecule has 0 aliphatic heterocycles. The first-order valence-corrected chi connectivity index (χ1v) is 9.35. The number of nitrogens with zero attached hydrogens (tertiary/aromatic N) is 1. The average molecular weight is 354 g/mol. The number of rotatable bonds is 5. The molecule has 0 unspecified atom stereocenters. The summed E-state index contributed by atoms with van der Waals surface area (Å²) in [6.45, 7) is 11.3. The number of allylic oxidation sites excluding steroid dienone is 1. The van der Waals surface area contributed by atoms with Gasteiger partial charge in [-0.3, -0.25) is 4.31 Å². The fourth-order valence-corrected chi connectivity index (χ4v) is 2.37. The summed E-state index contributed by atoms with van der Waals surface area (Å²) in [5, 5.41) is 2.67. The summed E-state index contributed by atoms with van der Waals surface area (Å²) in [6.07, 6.45) is 0.611. The number of carbonyl (C=O) groups excluding carboxylic acids is 1. The van der Waals surface area contributed by atoms with Crippen LogP contribution in [0.2, 0.25) is 0 Å². The molecular weight excluding hydrogens is 328 g/mol. The van der Waals surface area contributed by atoms with Crippen LogP contribution in [-0.2, 0) is 21.3 Å². The van der Waals surface area contributed by atoms with Crippen molar-refractivity contribution in [2.75, 3.05) is 17.6 Å². The summed E-state index contributed by atoms with van der Waals surface area (Å²) in [5.74, 6) is 0. The highest BCUT2D eigenvalue weighted by Crippen LogP contribution is 2.24. The van der Waals surface area contributed by atoms with Gasteiger partial charge < -0.3 is 10.1 Å². The molecule has 0 bridgehead atoms. The molecule has 24 heavy (non-hydrogen) atoms. The summed E-state index contributed by atoms with van der Waals surface area (Å²) < 4.78 is 29.9. The van der Waals surface area contributed by atoms with Gasteiger partial charge in [-0.2, -0.15) is 0 Å². The maximum absolute atomic E-state index is 11.8. The quantitative estimate of drug-likeness (QED) is 0.881. The van der Waals surface area contributed by atoms with Crippen molar-refractivity contribution in [3.8, 4) is 0 Å². The van der Waals surface area contributed by atoms with Gasteiger partial charge in [-0.05, 0) is 57.0 Å². The Bertz CT molecular complexity index is 733. The second kappa shape index (κ2) is 7.25. The van der Waals surface area contributed by atoms with Gasteiger partial charge in [0.15, 0.2) is 0 Å². The predicted octanol–water partition coefficient (Wildman–Crippen LogP) is 3.14. The van der Waals surface area contributed by atoms with E-state index in [0.29, 0.717) is 5.69 Å². The van der Waals surface area contributed by atoms with Gasteiger partial charge in [0, 0.05) is 13.6 Å². The molecule has 0 fully saturated rings. The molecule has 1 rings (SSSR count). The molecule has 0 radical (unpaired) electrons. The van der Waals surface area contributed by atoms with E-state index in [1.54, 1.807) is 32.9 Å². The van der Waals surface area contributed by atoms with Crippen molar-refractivity contribution < 1.29 is 17.9 Å². The highest BCUT2D eigenvalue weighted by atomic mass is 32.2. The van der Waals surface area contributed by atoms with E-state index in [-0.39, 0.29) is 6.54 Å². The molecule has 1 aromatic carbocycles. The van der Waals surface area contributed by atoms with Gasteiger partial charge >= 0.3 is 6.09 Å². The van der Waals surface area contributed by atoms with Crippen molar-refractivity contribution in [1.29, 1.82) is 0 Å². The summed E-state index contributed by atoms with van der Waals surface area (Å²) in [5.41, 5.74) is 2.30. The Labute approximate surface area is 144 Å². The number of sulfonamides is 1. The van der Waals surface area contributed by atoms with Crippen molar-refractivity contribution in [2.24, 2.45) is 0 Å². The first-order valence-electron chi connectivity index (χ1n) is 7.50. The van der Waals surface area contributed by atoms with Gasteiger partial charge in [-0.25, -0.2) is 13.2 Å². The maximum Gasteiger partial charge on any atom is 0.407 e. The average Bonchev–Trinajstić information content (AvgIpc) is 2.41. The molecule has 0 saturated heterocycles. The van der Waals surface area contributed by atoms with Crippen LogP contribution in [0.1, 0.15) is 38.8 Å². The first-order chi connectivity index (χ1) is 10.8. The molecule has 1 amide bonds. The van der Waals surface area contributed by atoms with Crippen molar-refractivity contribution >= 4 is 27.4 Å². The van der Waals surface area contributed by atoms with Crippen molar-refractivity contribution in [2.45, 2.75) is 39.8 Å². The Morgan fingerprint density at radius 3 is 2.33 bits per heavy atom. The zero-order valence-corrected chi connectivity index (χ0v) is 16.0. The van der Waals surface area contributed by atoms with Crippen LogP contribution in [0, 0.1) is 0 Å². The lowest BCUT2D eigenvalue weighted by molar-refractivity contribution is 0.0523. The zero-order chi connectivity index (χ0) is 18.7. The van der Waals surface area contributed by atoms with E-state index in [0.717, 1.165) is 23.0 Å². The SMILES string of the molecule is C=C(C)c1cc(CNC(=O)OC(C)(C)C)cc(N(C)S(C)(=O)=O)c1. The lowest BCUT2D eigenvalue weighted by Gasteiger charge is -2.21. The Hall–Kier alpha value is -2.02. The van der Waals surface area contributed by atoms with Gasteiger partial charge in [0.05, 0.1) is 11.9 Å². The van der Waals surface area contributed by atoms with Crippen LogP contribution in [0.4, 0.5) is 10.5 Å². The van der Waals surface area contributed by atoms with Crippen molar-refractivity contribution in [1.82, 2.24) is 5.32 Å². The molecule has 1 aromatic rings. The highest BCUT2D eigenvalue weighted by molar-refractivity contribution is 7.92. The van der Waals surface area contributed by atoms with Gasteiger partial charge in [0.25, 0.3) is 0 Å². The van der Waals surface area contributed by atoms with Crippen LogP contribution in [0.15, 0.2) is 24.8 Å². The van der Waals surface area contributed by atoms with E-state index in [2.05, 4.69) is 11.9 Å². The minimum Gasteiger partial charge on any atom is -0.444 e. The van der Waals surface area contributed by atoms with Gasteiger partial charge in [0.2, 0.25) is 10.0 Å². The number of anilines is 1. The molecule has 0 spiro atoms. The Balaban J connectivity index is 3.04. The summed E-state index contributed by atoms with van der Waals surface area (Å²) in [4.78, 5) is 11.8. The van der Waals surface area contributed by atoms with Crippen LogP contribution in [0.5, 0.6) is 0 Å². The molecule has 0 aliphatic carbocycles. The van der Waals surface area contributed by atoms with Crippen LogP contribution < -0.4 is 9.62 Å². The first kappa shape index (κ1) is 20.0. The molecule has 0 aliphatic rings. The molecule has 1 N–H and O–H groups in total. The third-order valence-corrected chi connectivity index (χ3v) is 4.37. The topological polar surface area (TPSA) is 75.7 Å². The second-order valence-corrected chi connectivity index (χ2v) is 8.77. The molecule has 0 atom stereocenters.